The lowest BCUT2D eigenvalue weighted by Crippen LogP contribution is -2.43. The van der Waals surface area contributed by atoms with Crippen LogP contribution in [0.1, 0.15) is 49.0 Å². The highest BCUT2D eigenvalue weighted by Crippen LogP contribution is 2.41. The minimum Gasteiger partial charge on any atom is -0.387 e. The van der Waals surface area contributed by atoms with E-state index in [1.54, 1.807) is 30.6 Å². The number of nitrogens with zero attached hydrogens (tertiary/aromatic N) is 1. The van der Waals surface area contributed by atoms with E-state index in [1.807, 2.05) is 48.5 Å². The molecule has 0 radical (unpaired) electrons. The Morgan fingerprint density at radius 2 is 1.79 bits per heavy atom. The average molecular weight is 481 g/mol. The third-order valence-corrected chi connectivity index (χ3v) is 7.14. The van der Waals surface area contributed by atoms with Crippen molar-refractivity contribution in [2.45, 2.75) is 50.3 Å². The van der Waals surface area contributed by atoms with Gasteiger partial charge >= 0.3 is 0 Å². The van der Waals surface area contributed by atoms with Crippen molar-refractivity contribution in [2.75, 3.05) is 11.3 Å². The number of hydrogen-bond donors (Lipinski definition) is 4. The first kappa shape index (κ1) is 24.3. The molecule has 0 bridgehead atoms. The minimum absolute atomic E-state index is 0.0759. The van der Waals surface area contributed by atoms with Crippen molar-refractivity contribution in [3.8, 4) is 0 Å². The summed E-state index contributed by atoms with van der Waals surface area (Å²) in [5.41, 5.74) is 3.26. The molecule has 1 aliphatic rings. The van der Waals surface area contributed by atoms with Crippen molar-refractivity contribution in [2.24, 2.45) is 0 Å². The first-order chi connectivity index (χ1) is 16.2. The van der Waals surface area contributed by atoms with Crippen LogP contribution in [0.3, 0.4) is 0 Å². The highest BCUT2D eigenvalue weighted by atomic mass is 32.2. The number of β-amino-alcohol motifs (C(OH)–C–C–N with tert-alkyl or cyclic N) is 1. The summed E-state index contributed by atoms with van der Waals surface area (Å²) < 4.78 is 30.5. The van der Waals surface area contributed by atoms with Crippen LogP contribution in [0, 0.1) is 0 Å². The van der Waals surface area contributed by atoms with Crippen LogP contribution >= 0.6 is 0 Å². The zero-order valence-corrected chi connectivity index (χ0v) is 20.3. The number of hydrogen-bond acceptors (Lipinski definition) is 5. The fraction of sp³-hybridized carbons (Fsp3) is 0.346. The van der Waals surface area contributed by atoms with Gasteiger partial charge in [-0.3, -0.25) is 9.71 Å². The molecule has 0 saturated heterocycles. The van der Waals surface area contributed by atoms with Crippen molar-refractivity contribution in [3.05, 3.63) is 95.8 Å². The summed E-state index contributed by atoms with van der Waals surface area (Å²) in [6.45, 7) is 4.55. The first-order valence-corrected chi connectivity index (χ1v) is 13.0. The fourth-order valence-corrected chi connectivity index (χ4v) is 5.27. The highest BCUT2D eigenvalue weighted by Gasteiger charge is 2.40. The second kappa shape index (κ2) is 10.2. The maximum absolute atomic E-state index is 12.5. The second-order valence-electron chi connectivity index (χ2n) is 9.52. The molecule has 3 atom stereocenters. The number of pyridine rings is 1. The molecule has 1 aliphatic carbocycles. The number of anilines is 1. The minimum atomic E-state index is -3.65. The van der Waals surface area contributed by atoms with Gasteiger partial charge in [0.05, 0.1) is 6.10 Å². The van der Waals surface area contributed by atoms with Gasteiger partial charge in [0.1, 0.15) is 0 Å². The van der Waals surface area contributed by atoms with Crippen LogP contribution in [0.25, 0.3) is 0 Å². The molecule has 2 aromatic carbocycles. The van der Waals surface area contributed by atoms with Gasteiger partial charge in [-0.25, -0.2) is 0 Å². The van der Waals surface area contributed by atoms with Gasteiger partial charge in [-0.1, -0.05) is 48.5 Å². The third kappa shape index (κ3) is 6.87. The average Bonchev–Trinajstić information content (AvgIpc) is 3.58. The standard InChI is InChI=1S/C26H32N4O3S/c1-26(2,28-18-25(31)21-9-6-14-27-17-21)16-19-10-12-22(13-11-19)29-34(32,33)30-24-15-23(24)20-7-4-3-5-8-20/h3-14,17,23-25,28-31H,15-16,18H2,1-2H3. The van der Waals surface area contributed by atoms with E-state index in [1.165, 1.54) is 0 Å². The molecule has 1 fully saturated rings. The zero-order valence-electron chi connectivity index (χ0n) is 19.5. The Hall–Kier alpha value is -2.78. The Morgan fingerprint density at radius 3 is 2.47 bits per heavy atom. The first-order valence-electron chi connectivity index (χ1n) is 11.5. The molecule has 0 spiro atoms. The van der Waals surface area contributed by atoms with Gasteiger partial charge in [-0.15, -0.1) is 0 Å². The summed E-state index contributed by atoms with van der Waals surface area (Å²) in [6, 6.07) is 20.9. The van der Waals surface area contributed by atoms with E-state index in [2.05, 4.69) is 33.6 Å². The molecule has 3 aromatic rings. The molecule has 4 N–H and O–H groups in total. The smallest absolute Gasteiger partial charge is 0.299 e. The second-order valence-corrected chi connectivity index (χ2v) is 11.0. The van der Waals surface area contributed by atoms with Crippen LogP contribution in [0.4, 0.5) is 5.69 Å². The summed E-state index contributed by atoms with van der Waals surface area (Å²) in [6.07, 6.45) is 4.24. The Kier molecular flexibility index (Phi) is 7.33. The van der Waals surface area contributed by atoms with Crippen molar-refractivity contribution >= 4 is 15.9 Å². The molecule has 1 saturated carbocycles. The van der Waals surface area contributed by atoms with Gasteiger partial charge in [0.25, 0.3) is 10.2 Å². The van der Waals surface area contributed by atoms with Crippen LogP contribution < -0.4 is 14.8 Å². The van der Waals surface area contributed by atoms with Crippen LogP contribution in [0.5, 0.6) is 0 Å². The molecule has 3 unspecified atom stereocenters. The number of aliphatic hydroxyl groups excluding tert-OH is 1. The lowest BCUT2D eigenvalue weighted by molar-refractivity contribution is 0.160. The number of nitrogens with one attached hydrogen (secondary N) is 3. The Bertz CT molecular complexity index is 1170. The van der Waals surface area contributed by atoms with E-state index in [0.29, 0.717) is 12.2 Å². The monoisotopic (exact) mass is 480 g/mol. The van der Waals surface area contributed by atoms with Crippen LogP contribution in [0.15, 0.2) is 79.1 Å². The van der Waals surface area contributed by atoms with E-state index in [-0.39, 0.29) is 17.5 Å². The highest BCUT2D eigenvalue weighted by molar-refractivity contribution is 7.90. The normalized spacial score (nSPS) is 18.9. The predicted molar refractivity (Wildman–Crippen MR) is 135 cm³/mol. The SMILES string of the molecule is CC(C)(Cc1ccc(NS(=O)(=O)NC2CC2c2ccccc2)cc1)NCC(O)c1cccnc1. The molecule has 180 valence electrons. The maximum atomic E-state index is 12.5. The topological polar surface area (TPSA) is 103 Å². The number of rotatable bonds is 11. The molecule has 7 nitrogen and oxygen atoms in total. The molecule has 4 rings (SSSR count). The summed E-state index contributed by atoms with van der Waals surface area (Å²) in [5.74, 6) is 0.228. The van der Waals surface area contributed by atoms with Gasteiger partial charge in [0.2, 0.25) is 0 Å². The van der Waals surface area contributed by atoms with Crippen molar-refractivity contribution in [1.82, 2.24) is 15.0 Å². The molecule has 1 heterocycles. The molecule has 0 amide bonds. The molecule has 34 heavy (non-hydrogen) atoms. The molecule has 0 aliphatic heterocycles. The van der Waals surface area contributed by atoms with Gasteiger partial charge < -0.3 is 10.4 Å². The van der Waals surface area contributed by atoms with E-state index < -0.39 is 16.3 Å². The number of aromatic nitrogens is 1. The van der Waals surface area contributed by atoms with Crippen LogP contribution in [0.2, 0.25) is 0 Å². The molecule has 8 heteroatoms. The predicted octanol–water partition coefficient (Wildman–Crippen LogP) is 3.53. The van der Waals surface area contributed by atoms with E-state index in [9.17, 15) is 13.5 Å². The third-order valence-electron chi connectivity index (χ3n) is 6.02. The number of benzene rings is 2. The summed E-state index contributed by atoms with van der Waals surface area (Å²) in [5, 5.41) is 13.8. The Morgan fingerprint density at radius 1 is 1.06 bits per heavy atom. The quantitative estimate of drug-likeness (QED) is 0.336. The largest absolute Gasteiger partial charge is 0.387 e. The lowest BCUT2D eigenvalue weighted by atomic mass is 9.94. The van der Waals surface area contributed by atoms with Crippen molar-refractivity contribution < 1.29 is 13.5 Å². The van der Waals surface area contributed by atoms with Crippen molar-refractivity contribution in [3.63, 3.8) is 0 Å². The fourth-order valence-electron chi connectivity index (χ4n) is 4.11. The molecule has 1 aromatic heterocycles. The summed E-state index contributed by atoms with van der Waals surface area (Å²) in [4.78, 5) is 4.05. The molecular formula is C26H32N4O3S. The van der Waals surface area contributed by atoms with E-state index in [0.717, 1.165) is 29.5 Å². The zero-order chi connectivity index (χ0) is 24.2. The van der Waals surface area contributed by atoms with Crippen LogP contribution in [-0.2, 0) is 16.6 Å². The van der Waals surface area contributed by atoms with E-state index in [4.69, 9.17) is 0 Å². The Labute approximate surface area is 201 Å². The van der Waals surface area contributed by atoms with Crippen LogP contribution in [-0.4, -0.2) is 36.6 Å². The van der Waals surface area contributed by atoms with Gasteiger partial charge in [-0.05, 0) is 56.0 Å². The summed E-state index contributed by atoms with van der Waals surface area (Å²) in [7, 11) is -3.65. The van der Waals surface area contributed by atoms with Gasteiger partial charge in [0, 0.05) is 47.7 Å². The van der Waals surface area contributed by atoms with E-state index >= 15 is 0 Å². The summed E-state index contributed by atoms with van der Waals surface area (Å²) >= 11 is 0. The van der Waals surface area contributed by atoms with Gasteiger partial charge in [-0.2, -0.15) is 13.1 Å². The lowest BCUT2D eigenvalue weighted by Gasteiger charge is -2.28. The Balaban J connectivity index is 1.27. The maximum Gasteiger partial charge on any atom is 0.299 e. The van der Waals surface area contributed by atoms with Crippen molar-refractivity contribution in [1.29, 1.82) is 0 Å². The van der Waals surface area contributed by atoms with Gasteiger partial charge in [0.15, 0.2) is 0 Å². The molecular weight excluding hydrogens is 448 g/mol. The number of aliphatic hydroxyl groups is 1.